The van der Waals surface area contributed by atoms with Crippen molar-refractivity contribution in [2.75, 3.05) is 0 Å². The predicted molar refractivity (Wildman–Crippen MR) is 150 cm³/mol. The molecule has 41 heavy (non-hydrogen) atoms. The first kappa shape index (κ1) is 24.7. The van der Waals surface area contributed by atoms with Gasteiger partial charge in [-0.3, -0.25) is 19.2 Å². The van der Waals surface area contributed by atoms with Gasteiger partial charge in [0, 0.05) is 50.4 Å². The van der Waals surface area contributed by atoms with Crippen molar-refractivity contribution in [3.05, 3.63) is 101 Å². The predicted octanol–water partition coefficient (Wildman–Crippen LogP) is 5.51. The number of hydrogen-bond acceptors (Lipinski definition) is 8. The van der Waals surface area contributed by atoms with Gasteiger partial charge in [-0.15, -0.1) is 0 Å². The molecule has 0 radical (unpaired) electrons. The number of hydrogen-bond donors (Lipinski definition) is 3. The first-order valence-electron chi connectivity index (χ1n) is 12.8. The number of carbonyl (C=O) groups excluding carboxylic acids is 4. The van der Waals surface area contributed by atoms with Crippen molar-refractivity contribution < 1.29 is 38.9 Å². The van der Waals surface area contributed by atoms with Crippen LogP contribution < -0.4 is 0 Å². The highest BCUT2D eigenvalue weighted by Crippen LogP contribution is 2.53. The first-order valence-corrected chi connectivity index (χ1v) is 12.8. The van der Waals surface area contributed by atoms with Crippen LogP contribution in [-0.2, 0) is 15.2 Å². The molecule has 5 aromatic rings. The Labute approximate surface area is 231 Å². The van der Waals surface area contributed by atoms with Crippen LogP contribution >= 0.6 is 0 Å². The Balaban J connectivity index is 1.70. The summed E-state index contributed by atoms with van der Waals surface area (Å²) < 4.78 is 6.32. The number of phenols is 1. The second-order valence-electron chi connectivity index (χ2n) is 10.3. The van der Waals surface area contributed by atoms with Gasteiger partial charge in [0.05, 0.1) is 11.1 Å². The molecular formula is C33H20O8. The van der Waals surface area contributed by atoms with Crippen molar-refractivity contribution >= 4 is 56.2 Å². The van der Waals surface area contributed by atoms with E-state index in [1.807, 2.05) is 0 Å². The maximum absolute atomic E-state index is 14.2. The van der Waals surface area contributed by atoms with Crippen LogP contribution in [0.5, 0.6) is 5.75 Å². The largest absolute Gasteiger partial charge is 0.507 e. The van der Waals surface area contributed by atoms with E-state index < -0.39 is 52.2 Å². The van der Waals surface area contributed by atoms with E-state index in [1.165, 1.54) is 25.1 Å². The minimum Gasteiger partial charge on any atom is -0.507 e. The molecule has 8 nitrogen and oxygen atoms in total. The lowest BCUT2D eigenvalue weighted by Crippen LogP contribution is -2.40. The number of benzene rings is 4. The second kappa shape index (κ2) is 8.33. The van der Waals surface area contributed by atoms with Gasteiger partial charge in [0.25, 0.3) is 0 Å². The average Bonchev–Trinajstić information content (AvgIpc) is 3.37. The molecule has 1 heterocycles. The summed E-state index contributed by atoms with van der Waals surface area (Å²) in [6, 6.07) is 19.1. The lowest BCUT2D eigenvalue weighted by atomic mass is 9.73. The van der Waals surface area contributed by atoms with Gasteiger partial charge in [0.1, 0.15) is 28.6 Å². The molecule has 2 aliphatic carbocycles. The van der Waals surface area contributed by atoms with Crippen LogP contribution in [0, 0.1) is 0 Å². The van der Waals surface area contributed by atoms with Crippen molar-refractivity contribution in [3.8, 4) is 17.1 Å². The molecule has 3 N–H and O–H groups in total. The topological polar surface area (TPSA) is 142 Å². The molecule has 1 atom stereocenters. The smallest absolute Gasteiger partial charge is 0.238 e. The zero-order valence-electron chi connectivity index (χ0n) is 21.5. The van der Waals surface area contributed by atoms with Crippen molar-refractivity contribution in [1.29, 1.82) is 0 Å². The number of furan rings is 1. The van der Waals surface area contributed by atoms with Crippen molar-refractivity contribution in [1.82, 2.24) is 0 Å². The minimum atomic E-state index is -2.26. The SMILES string of the molecule is CC(=O)C[C@]1(O)C(=O)c2c(oc3c2c(C2=C(O)c4ccccc4C(=O)C2=O)c(O)c2ccccc23)-c2ccccc21. The van der Waals surface area contributed by atoms with Crippen LogP contribution in [0.25, 0.3) is 44.4 Å². The number of allylic oxidation sites excluding steroid dienone is 1. The molecular weight excluding hydrogens is 524 g/mol. The number of phenolic OH excluding ortho intramolecular Hbond substituents is 1. The van der Waals surface area contributed by atoms with E-state index in [2.05, 4.69) is 0 Å². The Bertz CT molecular complexity index is 2090. The second-order valence-corrected chi connectivity index (χ2v) is 10.3. The summed E-state index contributed by atoms with van der Waals surface area (Å²) in [7, 11) is 0. The monoisotopic (exact) mass is 544 g/mol. The highest BCUT2D eigenvalue weighted by molar-refractivity contribution is 6.63. The van der Waals surface area contributed by atoms with Gasteiger partial charge in [-0.2, -0.15) is 0 Å². The van der Waals surface area contributed by atoms with Gasteiger partial charge < -0.3 is 19.7 Å². The summed E-state index contributed by atoms with van der Waals surface area (Å²) in [4.78, 5) is 53.3. The lowest BCUT2D eigenvalue weighted by Gasteiger charge is -2.31. The van der Waals surface area contributed by atoms with Crippen LogP contribution in [0.4, 0.5) is 0 Å². The maximum atomic E-state index is 14.2. The quantitative estimate of drug-likeness (QED) is 0.252. The van der Waals surface area contributed by atoms with Gasteiger partial charge in [-0.05, 0) is 6.92 Å². The molecule has 0 unspecified atom stereocenters. The molecule has 0 fully saturated rings. The molecule has 8 heteroatoms. The summed E-state index contributed by atoms with van der Waals surface area (Å²) in [5.74, 6) is -4.21. The molecule has 7 rings (SSSR count). The van der Waals surface area contributed by atoms with Crippen LogP contribution in [0.3, 0.4) is 0 Å². The number of fused-ring (bicyclic) bond motifs is 8. The summed E-state index contributed by atoms with van der Waals surface area (Å²) in [6.07, 6.45) is -0.525. The highest BCUT2D eigenvalue weighted by Gasteiger charge is 2.49. The van der Waals surface area contributed by atoms with Crippen molar-refractivity contribution in [3.63, 3.8) is 0 Å². The molecule has 1 aromatic heterocycles. The van der Waals surface area contributed by atoms with Gasteiger partial charge in [-0.1, -0.05) is 72.8 Å². The van der Waals surface area contributed by atoms with E-state index in [4.69, 9.17) is 4.42 Å². The standard InChI is InChI=1S/C33H20O8/c1-15(34)14-33(40)21-13-7-6-12-20(21)31-25(32(33)39)23-22(26(35)18-10-4-5-11-19(18)30(23)41-31)24-27(36)16-8-2-3-9-17(16)28(37)29(24)38/h2-13,35-36,40H,14H2,1H3/t33-/m1/s1. The molecule has 2 aliphatic rings. The molecule has 0 amide bonds. The van der Waals surface area contributed by atoms with Crippen LogP contribution in [0.1, 0.15) is 50.8 Å². The van der Waals surface area contributed by atoms with Crippen LogP contribution in [-0.4, -0.2) is 38.5 Å². The number of carbonyl (C=O) groups is 4. The highest BCUT2D eigenvalue weighted by atomic mass is 16.3. The Morgan fingerprint density at radius 2 is 1.39 bits per heavy atom. The Kier molecular flexibility index (Phi) is 5.01. The molecule has 0 saturated carbocycles. The number of Topliss-reactive ketones (excluding diaryl/α,β-unsaturated/α-hetero) is 4. The normalized spacial score (nSPS) is 18.0. The summed E-state index contributed by atoms with van der Waals surface area (Å²) in [5, 5.41) is 35.4. The molecule has 0 saturated heterocycles. The van der Waals surface area contributed by atoms with Crippen molar-refractivity contribution in [2.24, 2.45) is 0 Å². The third-order valence-corrected chi connectivity index (χ3v) is 7.89. The molecule has 0 spiro atoms. The van der Waals surface area contributed by atoms with Gasteiger partial charge >= 0.3 is 0 Å². The van der Waals surface area contributed by atoms with E-state index in [-0.39, 0.29) is 49.9 Å². The van der Waals surface area contributed by atoms with Crippen LogP contribution in [0.15, 0.2) is 77.2 Å². The summed E-state index contributed by atoms with van der Waals surface area (Å²) >= 11 is 0. The summed E-state index contributed by atoms with van der Waals surface area (Å²) in [6.45, 7) is 1.26. The molecule has 0 bridgehead atoms. The fraction of sp³-hybridized carbons (Fsp3) is 0.0909. The lowest BCUT2D eigenvalue weighted by molar-refractivity contribution is -0.120. The van der Waals surface area contributed by atoms with E-state index in [0.717, 1.165) is 0 Å². The zero-order chi connectivity index (χ0) is 28.8. The first-order chi connectivity index (χ1) is 19.6. The molecule has 4 aromatic carbocycles. The minimum absolute atomic E-state index is 0.00494. The van der Waals surface area contributed by atoms with Gasteiger partial charge in [0.15, 0.2) is 5.60 Å². The number of aliphatic hydroxyl groups is 2. The van der Waals surface area contributed by atoms with Gasteiger partial charge in [-0.25, -0.2) is 0 Å². The van der Waals surface area contributed by atoms with Gasteiger partial charge in [0.2, 0.25) is 17.3 Å². The van der Waals surface area contributed by atoms with E-state index >= 15 is 0 Å². The van der Waals surface area contributed by atoms with Crippen LogP contribution in [0.2, 0.25) is 0 Å². The molecule has 0 aliphatic heterocycles. The third-order valence-electron chi connectivity index (χ3n) is 7.89. The summed E-state index contributed by atoms with van der Waals surface area (Å²) in [5.41, 5.74) is -2.46. The Morgan fingerprint density at radius 3 is 2.10 bits per heavy atom. The number of rotatable bonds is 3. The number of aliphatic hydroxyl groups excluding tert-OH is 1. The molecule has 200 valence electrons. The van der Waals surface area contributed by atoms with E-state index in [9.17, 15) is 34.5 Å². The van der Waals surface area contributed by atoms with Crippen molar-refractivity contribution in [2.45, 2.75) is 18.9 Å². The third kappa shape index (κ3) is 3.13. The number of ketones is 4. The zero-order valence-corrected chi connectivity index (χ0v) is 21.5. The van der Waals surface area contributed by atoms with E-state index in [1.54, 1.807) is 54.6 Å². The fourth-order valence-corrected chi connectivity index (χ4v) is 6.15. The fourth-order valence-electron chi connectivity index (χ4n) is 6.15. The average molecular weight is 545 g/mol. The number of aromatic hydroxyl groups is 1. The maximum Gasteiger partial charge on any atom is 0.238 e. The Morgan fingerprint density at radius 1 is 0.780 bits per heavy atom. The van der Waals surface area contributed by atoms with E-state index in [0.29, 0.717) is 10.9 Å². The Hall–Kier alpha value is -5.34.